The Hall–Kier alpha value is -4.21. The Labute approximate surface area is 330 Å². The van der Waals surface area contributed by atoms with Crippen molar-refractivity contribution < 1.29 is 76.2 Å². The summed E-state index contributed by atoms with van der Waals surface area (Å²) in [7, 11) is -10.6. The second-order valence-corrected chi connectivity index (χ2v) is 16.0. The molecule has 0 aliphatic carbocycles. The summed E-state index contributed by atoms with van der Waals surface area (Å²) in [5.41, 5.74) is 10.5. The largest absolute Gasteiger partial charge is 0.472 e. The molecule has 0 radical (unpaired) electrons. The molecule has 3 aromatic rings. The molecule has 10 N–H and O–H groups in total. The molecule has 2 saturated heterocycles. The number of esters is 1. The quantitative estimate of drug-likeness (QED) is 0.0390. The molecule has 0 aromatic carbocycles. The minimum atomic E-state index is -5.43. The highest BCUT2D eigenvalue weighted by atomic mass is 32.2. The summed E-state index contributed by atoms with van der Waals surface area (Å²) >= 11 is 0.777. The molecule has 0 spiro atoms. The van der Waals surface area contributed by atoms with Crippen LogP contribution in [0.3, 0.4) is 0 Å². The number of hydrogen-bond acceptors (Lipinski definition) is 21. The molecule has 0 saturated carbocycles. The fourth-order valence-electron chi connectivity index (χ4n) is 5.80. The number of aromatic nitrogens is 6. The van der Waals surface area contributed by atoms with Crippen LogP contribution in [0.4, 0.5) is 11.6 Å². The van der Waals surface area contributed by atoms with Gasteiger partial charge in [-0.2, -0.15) is 4.98 Å². The molecular formula is C29H39N9O17P2S. The van der Waals surface area contributed by atoms with Crippen LogP contribution in [0.15, 0.2) is 42.4 Å². The number of thioether (sulfide) groups is 1. The maximum atomic E-state index is 13.6. The number of nitrogens with two attached hydrogens (primary N) is 2. The maximum absolute atomic E-state index is 13.6. The lowest BCUT2D eigenvalue weighted by atomic mass is 10.1. The van der Waals surface area contributed by atoms with Gasteiger partial charge in [-0.05, 0) is 18.7 Å². The molecule has 26 nitrogen and oxygen atoms in total. The first-order chi connectivity index (χ1) is 27.3. The van der Waals surface area contributed by atoms with Gasteiger partial charge in [0.15, 0.2) is 35.1 Å². The zero-order chi connectivity index (χ0) is 42.5. The standard InChI is InChI=1S/C29H39N9O17P2S/c1-3-4-5-17(39)35-13(8-18(40)58-2)28(43)54-22-14(52-27(20(22)41)38-12-34-19-24(31)32-11-33-25(19)38)10-51-57(48,49)55-23-15(9-50-56(45,46)47)53-26(21(23)42)37-7-6-16(30)36-29(37)44/h3,6-7,11-15,20-23,26-27,41-42H,1,4-5,8-10H2,2H3,(H,35,39)(H,48,49)(H2,30,36,44)(H2,31,32,33)(H2,45,46,47)/t13-,14+,15+,20+,21+,22+,23+,26+,27+/m0/s1. The Morgan fingerprint density at radius 2 is 1.69 bits per heavy atom. The van der Waals surface area contributed by atoms with Crippen molar-refractivity contribution in [2.75, 3.05) is 30.9 Å². The molecule has 1 unspecified atom stereocenters. The number of ether oxygens (including phenoxy) is 3. The van der Waals surface area contributed by atoms with Crippen LogP contribution in [-0.2, 0) is 51.3 Å². The van der Waals surface area contributed by atoms with Crippen molar-refractivity contribution in [3.05, 3.63) is 48.1 Å². The number of nitrogens with zero attached hydrogens (tertiary/aromatic N) is 6. The third kappa shape index (κ3) is 10.9. The van der Waals surface area contributed by atoms with Crippen LogP contribution in [0.25, 0.3) is 11.2 Å². The molecule has 318 valence electrons. The third-order valence-corrected chi connectivity index (χ3v) is 10.6. The van der Waals surface area contributed by atoms with Crippen LogP contribution < -0.4 is 22.5 Å². The highest BCUT2D eigenvalue weighted by Gasteiger charge is 2.52. The Balaban J connectivity index is 1.40. The SMILES string of the molecule is C=CCCC(=O)N[C@@H](CC(=O)SC)C(=O)O[C@H]1[C@@H](O)[C@H](n2cnc3c(N)ncnc32)O[C@@H]1COP(=O)(O)O[C@H]1[C@@H](O)[C@H](n2ccc(N)nc2=O)O[C@@H]1COP(=O)(O)O. The van der Waals surface area contributed by atoms with E-state index in [2.05, 4.69) is 36.4 Å². The lowest BCUT2D eigenvalue weighted by Crippen LogP contribution is -2.47. The predicted molar refractivity (Wildman–Crippen MR) is 196 cm³/mol. The van der Waals surface area contributed by atoms with Gasteiger partial charge in [0.05, 0.1) is 19.5 Å². The molecule has 5 rings (SSSR count). The van der Waals surface area contributed by atoms with E-state index >= 15 is 0 Å². The number of aliphatic hydroxyl groups is 2. The highest BCUT2D eigenvalue weighted by molar-refractivity contribution is 8.13. The van der Waals surface area contributed by atoms with Crippen molar-refractivity contribution in [3.8, 4) is 0 Å². The van der Waals surface area contributed by atoms with Gasteiger partial charge in [0.2, 0.25) is 5.91 Å². The average Bonchev–Trinajstić information content (AvgIpc) is 3.81. The van der Waals surface area contributed by atoms with E-state index in [9.17, 15) is 53.2 Å². The number of rotatable bonds is 18. The maximum Gasteiger partial charge on any atom is 0.472 e. The van der Waals surface area contributed by atoms with Gasteiger partial charge in [-0.1, -0.05) is 17.8 Å². The number of carbonyl (C=O) groups excluding carboxylic acids is 3. The minimum Gasteiger partial charge on any atom is -0.455 e. The number of allylic oxidation sites excluding steroid dienone is 1. The lowest BCUT2D eigenvalue weighted by molar-refractivity contribution is -0.160. The molecule has 3 aromatic heterocycles. The third-order valence-electron chi connectivity index (χ3n) is 8.52. The van der Waals surface area contributed by atoms with E-state index in [1.54, 1.807) is 0 Å². The van der Waals surface area contributed by atoms with E-state index in [1.807, 2.05) is 0 Å². The smallest absolute Gasteiger partial charge is 0.455 e. The first-order valence-corrected chi connectivity index (χ1v) is 21.1. The zero-order valence-corrected chi connectivity index (χ0v) is 32.7. The number of amides is 1. The average molecular weight is 880 g/mol. The first kappa shape index (κ1) is 44.9. The lowest BCUT2D eigenvalue weighted by Gasteiger charge is -2.26. The normalized spacial score (nSPS) is 26.2. The highest BCUT2D eigenvalue weighted by Crippen LogP contribution is 2.50. The van der Waals surface area contributed by atoms with E-state index in [0.29, 0.717) is 0 Å². The Morgan fingerprint density at radius 3 is 2.34 bits per heavy atom. The van der Waals surface area contributed by atoms with Gasteiger partial charge in [-0.25, -0.2) is 33.7 Å². The number of phosphoric acid groups is 2. The molecule has 1 amide bonds. The Kier molecular flexibility index (Phi) is 14.5. The van der Waals surface area contributed by atoms with Crippen molar-refractivity contribution in [3.63, 3.8) is 0 Å². The summed E-state index contributed by atoms with van der Waals surface area (Å²) in [6.45, 7) is 1.49. The Morgan fingerprint density at radius 1 is 1.03 bits per heavy atom. The van der Waals surface area contributed by atoms with Crippen molar-refractivity contribution >= 4 is 67.2 Å². The molecule has 0 bridgehead atoms. The molecule has 29 heteroatoms. The van der Waals surface area contributed by atoms with Gasteiger partial charge < -0.3 is 55.9 Å². The fraction of sp³-hybridized carbons (Fsp3) is 0.517. The number of carbonyl (C=O) groups is 3. The number of imidazole rings is 1. The molecule has 2 aliphatic heterocycles. The number of nitrogen functional groups attached to an aromatic ring is 2. The van der Waals surface area contributed by atoms with Crippen LogP contribution in [0, 0.1) is 0 Å². The molecule has 58 heavy (non-hydrogen) atoms. The van der Waals surface area contributed by atoms with Gasteiger partial charge in [0, 0.05) is 19.0 Å². The second kappa shape index (κ2) is 18.8. The Bertz CT molecular complexity index is 2160. The van der Waals surface area contributed by atoms with E-state index in [-0.39, 0.29) is 35.6 Å². The van der Waals surface area contributed by atoms with Crippen LogP contribution in [0.5, 0.6) is 0 Å². The van der Waals surface area contributed by atoms with Crippen LogP contribution in [0.2, 0.25) is 0 Å². The number of fused-ring (bicyclic) bond motifs is 1. The number of nitrogens with one attached hydrogen (secondary N) is 1. The zero-order valence-electron chi connectivity index (χ0n) is 30.1. The van der Waals surface area contributed by atoms with Crippen molar-refractivity contribution in [1.29, 1.82) is 0 Å². The fourth-order valence-corrected chi connectivity index (χ4v) is 7.44. The first-order valence-electron chi connectivity index (χ1n) is 16.8. The second-order valence-electron chi connectivity index (χ2n) is 12.5. The minimum absolute atomic E-state index is 0.0340. The van der Waals surface area contributed by atoms with Crippen molar-refractivity contribution in [2.24, 2.45) is 0 Å². The van der Waals surface area contributed by atoms with Gasteiger partial charge in [0.25, 0.3) is 0 Å². The van der Waals surface area contributed by atoms with E-state index < -0.39 is 113 Å². The number of hydrogen-bond donors (Lipinski definition) is 8. The molecule has 2 fully saturated rings. The topological polar surface area (TPSA) is 384 Å². The summed E-state index contributed by atoms with van der Waals surface area (Å²) in [6.07, 6.45) is -8.23. The summed E-state index contributed by atoms with van der Waals surface area (Å²) < 4.78 is 58.8. The van der Waals surface area contributed by atoms with Crippen molar-refractivity contribution in [2.45, 2.75) is 74.4 Å². The summed E-state index contributed by atoms with van der Waals surface area (Å²) in [6, 6.07) is -0.389. The molecule has 2 aliphatic rings. The van der Waals surface area contributed by atoms with Crippen LogP contribution in [0.1, 0.15) is 31.7 Å². The van der Waals surface area contributed by atoms with Gasteiger partial charge in [0.1, 0.15) is 54.2 Å². The van der Waals surface area contributed by atoms with Crippen LogP contribution >= 0.6 is 27.4 Å². The van der Waals surface area contributed by atoms with E-state index in [0.717, 1.165) is 34.9 Å². The number of aliphatic hydroxyl groups excluding tert-OH is 2. The van der Waals surface area contributed by atoms with Gasteiger partial charge in [-0.15, -0.1) is 6.58 Å². The summed E-state index contributed by atoms with van der Waals surface area (Å²) in [4.78, 5) is 95.9. The molecule has 10 atom stereocenters. The predicted octanol–water partition coefficient (Wildman–Crippen LogP) is -1.98. The van der Waals surface area contributed by atoms with E-state index in [1.165, 1.54) is 23.2 Å². The van der Waals surface area contributed by atoms with Gasteiger partial charge in [-0.3, -0.25) is 32.3 Å². The number of phosphoric ester groups is 2. The molecule has 5 heterocycles. The van der Waals surface area contributed by atoms with E-state index in [4.69, 9.17) is 34.7 Å². The monoisotopic (exact) mass is 879 g/mol. The van der Waals surface area contributed by atoms with Crippen LogP contribution in [-0.4, -0.2) is 133 Å². The molecular weight excluding hydrogens is 840 g/mol. The summed E-state index contributed by atoms with van der Waals surface area (Å²) in [5, 5.41) is 24.5. The van der Waals surface area contributed by atoms with Crippen molar-refractivity contribution in [1.82, 2.24) is 34.4 Å². The number of anilines is 2. The summed E-state index contributed by atoms with van der Waals surface area (Å²) in [5.74, 6) is -2.05. The van der Waals surface area contributed by atoms with Gasteiger partial charge >= 0.3 is 27.3 Å².